The van der Waals surface area contributed by atoms with Crippen LogP contribution in [-0.2, 0) is 11.3 Å². The van der Waals surface area contributed by atoms with E-state index in [2.05, 4.69) is 5.32 Å². The van der Waals surface area contributed by atoms with Crippen LogP contribution in [0, 0.1) is 16.0 Å². The topological polar surface area (TPSA) is 111 Å². The molecule has 3 rings (SSSR count). The van der Waals surface area contributed by atoms with E-state index in [1.165, 1.54) is 22.8 Å². The lowest BCUT2D eigenvalue weighted by Gasteiger charge is -2.16. The maximum absolute atomic E-state index is 12.3. The first-order chi connectivity index (χ1) is 12.5. The number of nitrogens with zero attached hydrogens (tertiary/aromatic N) is 3. The number of likely N-dealkylation sites (tertiary alicyclic amines) is 1. The number of benzene rings is 1. The quantitative estimate of drug-likeness (QED) is 0.588. The SMILES string of the molecule is CNCC1CCN(C(=O)CCCn2c(=O)oc3cc([N+](=O)[O-])ccc32)C1. The fourth-order valence-corrected chi connectivity index (χ4v) is 3.44. The zero-order valence-electron chi connectivity index (χ0n) is 14.6. The Morgan fingerprint density at radius 3 is 3.00 bits per heavy atom. The molecule has 1 N–H and O–H groups in total. The van der Waals surface area contributed by atoms with Crippen LogP contribution >= 0.6 is 0 Å². The van der Waals surface area contributed by atoms with Crippen LogP contribution in [-0.4, -0.2) is 47.0 Å². The number of carbonyl (C=O) groups is 1. The number of hydrogen-bond donors (Lipinski definition) is 1. The molecular weight excluding hydrogens is 340 g/mol. The fraction of sp³-hybridized carbons (Fsp3) is 0.529. The van der Waals surface area contributed by atoms with Gasteiger partial charge in [-0.3, -0.25) is 19.5 Å². The van der Waals surface area contributed by atoms with Crippen molar-refractivity contribution in [2.24, 2.45) is 5.92 Å². The van der Waals surface area contributed by atoms with Crippen molar-refractivity contribution in [2.45, 2.75) is 25.8 Å². The minimum atomic E-state index is -0.566. The van der Waals surface area contributed by atoms with Gasteiger partial charge >= 0.3 is 5.76 Å². The molecule has 1 aromatic heterocycles. The highest BCUT2D eigenvalue weighted by Gasteiger charge is 2.25. The fourth-order valence-electron chi connectivity index (χ4n) is 3.44. The minimum absolute atomic E-state index is 0.0973. The van der Waals surface area contributed by atoms with Gasteiger partial charge in [-0.15, -0.1) is 0 Å². The Bertz CT molecular complexity index is 872. The Morgan fingerprint density at radius 2 is 2.27 bits per heavy atom. The first-order valence-electron chi connectivity index (χ1n) is 8.69. The number of amides is 1. The summed E-state index contributed by atoms with van der Waals surface area (Å²) in [7, 11) is 1.91. The maximum Gasteiger partial charge on any atom is 0.419 e. The van der Waals surface area contributed by atoms with Gasteiger partial charge < -0.3 is 14.6 Å². The van der Waals surface area contributed by atoms with Crippen LogP contribution in [0.4, 0.5) is 5.69 Å². The largest absolute Gasteiger partial charge is 0.419 e. The van der Waals surface area contributed by atoms with Crippen molar-refractivity contribution in [2.75, 3.05) is 26.7 Å². The number of fused-ring (bicyclic) bond motifs is 1. The second-order valence-corrected chi connectivity index (χ2v) is 6.58. The molecule has 1 aliphatic heterocycles. The van der Waals surface area contributed by atoms with Crippen LogP contribution in [0.1, 0.15) is 19.3 Å². The van der Waals surface area contributed by atoms with Crippen LogP contribution in [0.3, 0.4) is 0 Å². The van der Waals surface area contributed by atoms with Gasteiger partial charge in [0, 0.05) is 32.1 Å². The lowest BCUT2D eigenvalue weighted by atomic mass is 10.1. The molecule has 1 aliphatic rings. The van der Waals surface area contributed by atoms with Crippen molar-refractivity contribution in [3.05, 3.63) is 38.9 Å². The van der Waals surface area contributed by atoms with Crippen molar-refractivity contribution < 1.29 is 14.1 Å². The summed E-state index contributed by atoms with van der Waals surface area (Å²) in [6.07, 6.45) is 1.88. The molecule has 1 aromatic carbocycles. The molecular formula is C17H22N4O5. The first kappa shape index (κ1) is 18.1. The zero-order valence-corrected chi connectivity index (χ0v) is 14.6. The van der Waals surface area contributed by atoms with E-state index >= 15 is 0 Å². The number of aromatic nitrogens is 1. The van der Waals surface area contributed by atoms with E-state index in [-0.39, 0.29) is 17.2 Å². The molecule has 0 saturated carbocycles. The van der Waals surface area contributed by atoms with E-state index in [1.807, 2.05) is 11.9 Å². The van der Waals surface area contributed by atoms with E-state index < -0.39 is 10.7 Å². The van der Waals surface area contributed by atoms with Gasteiger partial charge in [0.1, 0.15) is 0 Å². The number of non-ortho nitro benzene ring substituents is 1. The Balaban J connectivity index is 1.60. The normalized spacial score (nSPS) is 17.1. The predicted molar refractivity (Wildman–Crippen MR) is 95.0 cm³/mol. The first-order valence-corrected chi connectivity index (χ1v) is 8.69. The molecule has 9 nitrogen and oxygen atoms in total. The van der Waals surface area contributed by atoms with Crippen LogP contribution < -0.4 is 11.1 Å². The van der Waals surface area contributed by atoms with Gasteiger partial charge in [0.15, 0.2) is 5.58 Å². The molecule has 1 atom stereocenters. The molecule has 0 aliphatic carbocycles. The molecule has 2 heterocycles. The van der Waals surface area contributed by atoms with Gasteiger partial charge in [-0.1, -0.05) is 0 Å². The summed E-state index contributed by atoms with van der Waals surface area (Å²) < 4.78 is 6.51. The highest BCUT2D eigenvalue weighted by Crippen LogP contribution is 2.21. The lowest BCUT2D eigenvalue weighted by molar-refractivity contribution is -0.384. The molecule has 1 amide bonds. The number of oxazole rings is 1. The van der Waals surface area contributed by atoms with E-state index in [0.29, 0.717) is 30.8 Å². The number of nitro groups is 1. The lowest BCUT2D eigenvalue weighted by Crippen LogP contribution is -2.30. The molecule has 1 unspecified atom stereocenters. The number of aryl methyl sites for hydroxylation is 1. The van der Waals surface area contributed by atoms with E-state index in [1.54, 1.807) is 0 Å². The summed E-state index contributed by atoms with van der Waals surface area (Å²) >= 11 is 0. The van der Waals surface area contributed by atoms with Crippen molar-refractivity contribution in [1.82, 2.24) is 14.8 Å². The molecule has 9 heteroatoms. The highest BCUT2D eigenvalue weighted by molar-refractivity contribution is 5.77. The van der Waals surface area contributed by atoms with Gasteiger partial charge in [-0.05, 0) is 38.4 Å². The third-order valence-electron chi connectivity index (χ3n) is 4.77. The smallest absolute Gasteiger partial charge is 0.407 e. The third kappa shape index (κ3) is 3.77. The summed E-state index contributed by atoms with van der Waals surface area (Å²) in [6, 6.07) is 4.08. The molecule has 1 saturated heterocycles. The minimum Gasteiger partial charge on any atom is -0.407 e. The Morgan fingerprint density at radius 1 is 1.46 bits per heavy atom. The molecule has 0 radical (unpaired) electrons. The third-order valence-corrected chi connectivity index (χ3v) is 4.77. The Hall–Kier alpha value is -2.68. The molecule has 140 valence electrons. The van der Waals surface area contributed by atoms with Crippen LogP contribution in [0.2, 0.25) is 0 Å². The monoisotopic (exact) mass is 362 g/mol. The van der Waals surface area contributed by atoms with Gasteiger partial charge in [-0.2, -0.15) is 0 Å². The Kier molecular flexibility index (Phi) is 5.36. The maximum atomic E-state index is 12.3. The average Bonchev–Trinajstić information content (AvgIpc) is 3.19. The van der Waals surface area contributed by atoms with Crippen LogP contribution in [0.15, 0.2) is 27.4 Å². The Labute approximate surface area is 149 Å². The summed E-state index contributed by atoms with van der Waals surface area (Å²) in [4.78, 5) is 36.5. The van der Waals surface area contributed by atoms with Gasteiger partial charge in [-0.25, -0.2) is 4.79 Å². The van der Waals surface area contributed by atoms with E-state index in [0.717, 1.165) is 26.1 Å². The second kappa shape index (κ2) is 7.69. The number of rotatable bonds is 7. The van der Waals surface area contributed by atoms with Gasteiger partial charge in [0.25, 0.3) is 5.69 Å². The molecule has 2 aromatic rings. The van der Waals surface area contributed by atoms with Crippen molar-refractivity contribution in [3.8, 4) is 0 Å². The second-order valence-electron chi connectivity index (χ2n) is 6.58. The number of hydrogen-bond acceptors (Lipinski definition) is 6. The standard InChI is InChI=1S/C17H22N4O5/c1-18-10-12-6-8-19(11-12)16(22)3-2-7-20-14-5-4-13(21(24)25)9-15(14)26-17(20)23/h4-5,9,12,18H,2-3,6-8,10-11H2,1H3. The van der Waals surface area contributed by atoms with Gasteiger partial charge in [0.05, 0.1) is 16.5 Å². The molecule has 26 heavy (non-hydrogen) atoms. The van der Waals surface area contributed by atoms with E-state index in [4.69, 9.17) is 4.42 Å². The number of nitro benzene ring substituents is 1. The molecule has 0 spiro atoms. The average molecular weight is 362 g/mol. The van der Waals surface area contributed by atoms with E-state index in [9.17, 15) is 19.7 Å². The summed E-state index contributed by atoms with van der Waals surface area (Å²) in [5.74, 6) is 0.0310. The molecule has 1 fully saturated rings. The highest BCUT2D eigenvalue weighted by atomic mass is 16.6. The van der Waals surface area contributed by atoms with Crippen molar-refractivity contribution in [1.29, 1.82) is 0 Å². The number of carbonyl (C=O) groups excluding carboxylic acids is 1. The van der Waals surface area contributed by atoms with Crippen molar-refractivity contribution in [3.63, 3.8) is 0 Å². The molecule has 0 bridgehead atoms. The van der Waals surface area contributed by atoms with Crippen molar-refractivity contribution >= 4 is 22.7 Å². The number of nitrogens with one attached hydrogen (secondary N) is 1. The van der Waals surface area contributed by atoms with Crippen LogP contribution in [0.25, 0.3) is 11.1 Å². The van der Waals surface area contributed by atoms with Crippen LogP contribution in [0.5, 0.6) is 0 Å². The van der Waals surface area contributed by atoms with Gasteiger partial charge in [0.2, 0.25) is 5.91 Å². The predicted octanol–water partition coefficient (Wildman–Crippen LogP) is 1.35. The summed E-state index contributed by atoms with van der Waals surface area (Å²) in [5, 5.41) is 13.9. The zero-order chi connectivity index (χ0) is 18.7. The summed E-state index contributed by atoms with van der Waals surface area (Å²) in [6.45, 7) is 2.80. The summed E-state index contributed by atoms with van der Waals surface area (Å²) in [5.41, 5.74) is 0.562.